The number of allylic oxidation sites excluding steroid dienone is 3. The molecule has 7 heteroatoms. The minimum absolute atomic E-state index is 0.0585. The predicted octanol–water partition coefficient (Wildman–Crippen LogP) is 5.60. The van der Waals surface area contributed by atoms with Crippen molar-refractivity contribution in [3.63, 3.8) is 0 Å². The highest BCUT2D eigenvalue weighted by Crippen LogP contribution is 2.30. The van der Waals surface area contributed by atoms with Crippen LogP contribution >= 0.6 is 0 Å². The molecule has 0 aliphatic carbocycles. The van der Waals surface area contributed by atoms with E-state index in [-0.39, 0.29) is 18.4 Å². The van der Waals surface area contributed by atoms with Crippen LogP contribution in [0.5, 0.6) is 0 Å². The van der Waals surface area contributed by atoms with E-state index >= 15 is 0 Å². The number of hydrogen-bond donors (Lipinski definition) is 1. The van der Waals surface area contributed by atoms with Gasteiger partial charge in [-0.1, -0.05) is 30.9 Å². The van der Waals surface area contributed by atoms with E-state index < -0.39 is 6.67 Å². The number of nitrogens with zero attached hydrogens (tertiary/aromatic N) is 4. The Bertz CT molecular complexity index is 1080. The van der Waals surface area contributed by atoms with Gasteiger partial charge < -0.3 is 9.88 Å². The van der Waals surface area contributed by atoms with Crippen LogP contribution in [0.3, 0.4) is 0 Å². The van der Waals surface area contributed by atoms with Gasteiger partial charge in [-0.3, -0.25) is 0 Å². The average Bonchev–Trinajstić information content (AvgIpc) is 3.18. The van der Waals surface area contributed by atoms with Gasteiger partial charge in [-0.05, 0) is 49.8 Å². The lowest BCUT2D eigenvalue weighted by Crippen LogP contribution is -2.19. The van der Waals surface area contributed by atoms with Gasteiger partial charge in [0.05, 0.1) is 36.0 Å². The Morgan fingerprint density at radius 1 is 1.23 bits per heavy atom. The summed E-state index contributed by atoms with van der Waals surface area (Å²) >= 11 is 0. The van der Waals surface area contributed by atoms with Crippen molar-refractivity contribution in [2.24, 2.45) is 0 Å². The van der Waals surface area contributed by atoms with Gasteiger partial charge in [-0.25, -0.2) is 23.7 Å². The summed E-state index contributed by atoms with van der Waals surface area (Å²) in [5, 5.41) is 3.29. The summed E-state index contributed by atoms with van der Waals surface area (Å²) in [5.41, 5.74) is 3.60. The molecule has 1 atom stereocenters. The van der Waals surface area contributed by atoms with Gasteiger partial charge in [0.25, 0.3) is 0 Å². The fourth-order valence-corrected chi connectivity index (χ4v) is 3.24. The first kappa shape index (κ1) is 22.1. The first-order valence-corrected chi connectivity index (χ1v) is 9.99. The largest absolute Gasteiger partial charge is 0.348 e. The number of halogens is 2. The van der Waals surface area contributed by atoms with Crippen LogP contribution in [0.1, 0.15) is 13.8 Å². The van der Waals surface area contributed by atoms with Crippen LogP contribution in [0, 0.1) is 5.82 Å². The summed E-state index contributed by atoms with van der Waals surface area (Å²) in [5.74, 6) is 0.100. The third kappa shape index (κ3) is 5.31. The van der Waals surface area contributed by atoms with E-state index in [1.165, 1.54) is 12.1 Å². The van der Waals surface area contributed by atoms with Crippen LogP contribution in [0.4, 0.5) is 14.7 Å². The first-order valence-electron chi connectivity index (χ1n) is 9.99. The highest BCUT2D eigenvalue weighted by Gasteiger charge is 2.17. The number of rotatable bonds is 9. The van der Waals surface area contributed by atoms with Crippen molar-refractivity contribution in [2.75, 3.05) is 12.0 Å². The Morgan fingerprint density at radius 2 is 2.00 bits per heavy atom. The lowest BCUT2D eigenvalue weighted by atomic mass is 10.1. The standard InChI is InChI=1S/C24H25F2N5/c1-4-6-18(7-5-2)17(3)29-24-27-14-12-21(30-24)23-22(28-16-31(23)15-13-25)19-8-10-20(26)11-9-19/h4-12,14,16-17H,1,13,15H2,2-3H3,(H,27,29,30)/b7-5-,18-6+. The van der Waals surface area contributed by atoms with Crippen molar-refractivity contribution in [1.29, 1.82) is 0 Å². The molecule has 2 aromatic heterocycles. The molecule has 0 saturated heterocycles. The highest BCUT2D eigenvalue weighted by molar-refractivity contribution is 5.77. The molecule has 1 unspecified atom stereocenters. The zero-order valence-corrected chi connectivity index (χ0v) is 17.6. The van der Waals surface area contributed by atoms with Crippen molar-refractivity contribution >= 4 is 5.95 Å². The lowest BCUT2D eigenvalue weighted by Gasteiger charge is -2.16. The maximum absolute atomic E-state index is 13.4. The maximum Gasteiger partial charge on any atom is 0.223 e. The van der Waals surface area contributed by atoms with Crippen molar-refractivity contribution in [1.82, 2.24) is 19.5 Å². The van der Waals surface area contributed by atoms with E-state index in [4.69, 9.17) is 0 Å². The third-order valence-corrected chi connectivity index (χ3v) is 4.69. The van der Waals surface area contributed by atoms with Crippen LogP contribution in [0.2, 0.25) is 0 Å². The van der Waals surface area contributed by atoms with E-state index in [9.17, 15) is 8.78 Å². The Balaban J connectivity index is 2.00. The van der Waals surface area contributed by atoms with E-state index in [0.29, 0.717) is 23.0 Å². The van der Waals surface area contributed by atoms with Gasteiger partial charge in [0.1, 0.15) is 12.5 Å². The number of alkyl halides is 1. The smallest absolute Gasteiger partial charge is 0.223 e. The molecule has 0 saturated carbocycles. The molecule has 3 aromatic rings. The highest BCUT2D eigenvalue weighted by atomic mass is 19.1. The second kappa shape index (κ2) is 10.4. The van der Waals surface area contributed by atoms with Gasteiger partial charge in [-0.2, -0.15) is 0 Å². The van der Waals surface area contributed by atoms with Crippen molar-refractivity contribution in [2.45, 2.75) is 26.4 Å². The van der Waals surface area contributed by atoms with E-state index in [1.54, 1.807) is 41.4 Å². The van der Waals surface area contributed by atoms with Crippen molar-refractivity contribution in [3.8, 4) is 22.6 Å². The number of hydrogen-bond acceptors (Lipinski definition) is 4. The molecule has 0 fully saturated rings. The van der Waals surface area contributed by atoms with E-state index in [2.05, 4.69) is 26.8 Å². The summed E-state index contributed by atoms with van der Waals surface area (Å²) in [6, 6.07) is 7.73. The fraction of sp³-hybridized carbons (Fsp3) is 0.208. The molecule has 0 aliphatic heterocycles. The Hall–Kier alpha value is -3.61. The quantitative estimate of drug-likeness (QED) is 0.457. The number of aryl methyl sites for hydroxylation is 1. The van der Waals surface area contributed by atoms with Crippen LogP contribution in [-0.2, 0) is 6.54 Å². The molecule has 0 bridgehead atoms. The number of aromatic nitrogens is 4. The van der Waals surface area contributed by atoms with Crippen LogP contribution in [0.15, 0.2) is 79.3 Å². The summed E-state index contributed by atoms with van der Waals surface area (Å²) in [4.78, 5) is 13.4. The molecule has 0 aliphatic rings. The van der Waals surface area contributed by atoms with Crippen molar-refractivity contribution in [3.05, 3.63) is 85.1 Å². The summed E-state index contributed by atoms with van der Waals surface area (Å²) in [6.45, 7) is 7.30. The minimum atomic E-state index is -0.543. The number of benzene rings is 1. The van der Waals surface area contributed by atoms with E-state index in [1.807, 2.05) is 32.1 Å². The maximum atomic E-state index is 13.4. The molecule has 1 N–H and O–H groups in total. The summed E-state index contributed by atoms with van der Waals surface area (Å²) < 4.78 is 28.2. The Kier molecular flexibility index (Phi) is 7.43. The van der Waals surface area contributed by atoms with Gasteiger partial charge in [0, 0.05) is 11.8 Å². The van der Waals surface area contributed by atoms with Crippen molar-refractivity contribution < 1.29 is 8.78 Å². The molecule has 0 amide bonds. The number of anilines is 1. The monoisotopic (exact) mass is 421 g/mol. The second-order valence-electron chi connectivity index (χ2n) is 6.86. The minimum Gasteiger partial charge on any atom is -0.348 e. The predicted molar refractivity (Wildman–Crippen MR) is 121 cm³/mol. The average molecular weight is 421 g/mol. The SMILES string of the molecule is C=C/C=C(\C=C/C)C(C)Nc1nccc(-c2c(-c3ccc(F)cc3)ncn2CCF)n1. The molecule has 0 radical (unpaired) electrons. The van der Waals surface area contributed by atoms with Gasteiger partial charge in [0.2, 0.25) is 5.95 Å². The van der Waals surface area contributed by atoms with Crippen LogP contribution < -0.4 is 5.32 Å². The zero-order chi connectivity index (χ0) is 22.2. The van der Waals surface area contributed by atoms with Crippen LogP contribution in [0.25, 0.3) is 22.6 Å². The van der Waals surface area contributed by atoms with Crippen LogP contribution in [-0.4, -0.2) is 32.2 Å². The van der Waals surface area contributed by atoms with Gasteiger partial charge >= 0.3 is 0 Å². The topological polar surface area (TPSA) is 55.6 Å². The van der Waals surface area contributed by atoms with Gasteiger partial charge in [-0.15, -0.1) is 0 Å². The fourth-order valence-electron chi connectivity index (χ4n) is 3.24. The molecule has 5 nitrogen and oxygen atoms in total. The molecule has 31 heavy (non-hydrogen) atoms. The molecular formula is C24H25F2N5. The molecular weight excluding hydrogens is 396 g/mol. The van der Waals surface area contributed by atoms with Gasteiger partial charge in [0.15, 0.2) is 0 Å². The molecule has 0 spiro atoms. The molecule has 1 aromatic carbocycles. The zero-order valence-electron chi connectivity index (χ0n) is 17.6. The first-order chi connectivity index (χ1) is 15.1. The second-order valence-corrected chi connectivity index (χ2v) is 6.86. The number of nitrogens with one attached hydrogen (secondary N) is 1. The summed E-state index contributed by atoms with van der Waals surface area (Å²) in [6.07, 6.45) is 10.8. The third-order valence-electron chi connectivity index (χ3n) is 4.69. The Labute approximate surface area is 180 Å². The molecule has 160 valence electrons. The molecule has 2 heterocycles. The molecule has 3 rings (SSSR count). The number of imidazole rings is 1. The normalized spacial score (nSPS) is 12.8. The Morgan fingerprint density at radius 3 is 2.68 bits per heavy atom. The lowest BCUT2D eigenvalue weighted by molar-refractivity contribution is 0.447. The summed E-state index contributed by atoms with van der Waals surface area (Å²) in [7, 11) is 0. The van der Waals surface area contributed by atoms with E-state index in [0.717, 1.165) is 11.1 Å².